The second-order valence-electron chi connectivity index (χ2n) is 6.32. The summed E-state index contributed by atoms with van der Waals surface area (Å²) < 4.78 is 0. The Morgan fingerprint density at radius 2 is 1.69 bits per heavy atom. The molecular formula is C21H28IN5O2. The first-order chi connectivity index (χ1) is 13.5. The number of hydrogen-bond acceptors (Lipinski definition) is 3. The number of rotatable bonds is 8. The van der Waals surface area contributed by atoms with Crippen molar-refractivity contribution < 1.29 is 9.59 Å². The van der Waals surface area contributed by atoms with Crippen LogP contribution in [-0.2, 0) is 17.9 Å². The fraction of sp³-hybridized carbons (Fsp3) is 0.286. The summed E-state index contributed by atoms with van der Waals surface area (Å²) in [6.45, 7) is 5.86. The monoisotopic (exact) mass is 509 g/mol. The fourth-order valence-corrected chi connectivity index (χ4v) is 2.53. The quantitative estimate of drug-likeness (QED) is 0.248. The number of benzene rings is 2. The van der Waals surface area contributed by atoms with Gasteiger partial charge >= 0.3 is 0 Å². The average molecular weight is 509 g/mol. The number of halogens is 1. The van der Waals surface area contributed by atoms with Gasteiger partial charge in [0.1, 0.15) is 0 Å². The molecule has 0 aliphatic carbocycles. The van der Waals surface area contributed by atoms with Crippen molar-refractivity contribution in [3.63, 3.8) is 0 Å². The molecular weight excluding hydrogens is 481 g/mol. The minimum atomic E-state index is -0.576. The van der Waals surface area contributed by atoms with E-state index in [9.17, 15) is 9.59 Å². The largest absolute Gasteiger partial charge is 0.368 e. The maximum Gasteiger partial charge on any atom is 0.251 e. The van der Waals surface area contributed by atoms with E-state index in [-0.39, 0.29) is 36.4 Å². The van der Waals surface area contributed by atoms with E-state index in [1.807, 2.05) is 31.2 Å². The Morgan fingerprint density at radius 3 is 2.31 bits per heavy atom. The molecule has 8 heteroatoms. The molecule has 29 heavy (non-hydrogen) atoms. The van der Waals surface area contributed by atoms with Gasteiger partial charge in [-0.15, -0.1) is 24.0 Å². The minimum Gasteiger partial charge on any atom is -0.368 e. The van der Waals surface area contributed by atoms with Crippen molar-refractivity contribution in [1.82, 2.24) is 16.0 Å². The lowest BCUT2D eigenvalue weighted by atomic mass is 10.1. The summed E-state index contributed by atoms with van der Waals surface area (Å²) in [5, 5.41) is 9.03. The molecule has 0 fully saturated rings. The van der Waals surface area contributed by atoms with Crippen LogP contribution in [0.25, 0.3) is 0 Å². The van der Waals surface area contributed by atoms with Gasteiger partial charge in [0, 0.05) is 18.7 Å². The Bertz CT molecular complexity index is 837. The third kappa shape index (κ3) is 8.51. The van der Waals surface area contributed by atoms with Gasteiger partial charge in [0.05, 0.1) is 13.1 Å². The lowest BCUT2D eigenvalue weighted by molar-refractivity contribution is -0.117. The normalized spacial score (nSPS) is 10.6. The van der Waals surface area contributed by atoms with Gasteiger partial charge in [0.2, 0.25) is 5.91 Å². The van der Waals surface area contributed by atoms with E-state index in [1.165, 1.54) is 11.1 Å². The van der Waals surface area contributed by atoms with Crippen molar-refractivity contribution in [3.05, 3.63) is 70.8 Å². The molecule has 0 saturated carbocycles. The molecule has 0 spiro atoms. The highest BCUT2D eigenvalue weighted by molar-refractivity contribution is 14.0. The lowest BCUT2D eigenvalue weighted by Crippen LogP contribution is -2.36. The predicted octanol–water partition coefficient (Wildman–Crippen LogP) is 2.08. The molecule has 2 aromatic rings. The lowest BCUT2D eigenvalue weighted by Gasteiger charge is -2.13. The average Bonchev–Trinajstić information content (AvgIpc) is 2.69. The molecule has 0 aliphatic heterocycles. The highest BCUT2D eigenvalue weighted by Crippen LogP contribution is 2.07. The van der Waals surface area contributed by atoms with E-state index < -0.39 is 5.91 Å². The van der Waals surface area contributed by atoms with Gasteiger partial charge in [-0.25, -0.2) is 4.99 Å². The van der Waals surface area contributed by atoms with Crippen LogP contribution in [0, 0.1) is 6.92 Å². The molecule has 0 bridgehead atoms. The molecule has 0 saturated heterocycles. The van der Waals surface area contributed by atoms with Gasteiger partial charge in [-0.05, 0) is 42.7 Å². The Hall–Kier alpha value is -2.62. The first-order valence-corrected chi connectivity index (χ1v) is 9.21. The van der Waals surface area contributed by atoms with Crippen LogP contribution in [0.15, 0.2) is 53.5 Å². The van der Waals surface area contributed by atoms with Gasteiger partial charge in [0.25, 0.3) is 5.91 Å². The summed E-state index contributed by atoms with van der Waals surface area (Å²) >= 11 is 0. The number of guanidine groups is 1. The zero-order valence-corrected chi connectivity index (χ0v) is 19.0. The molecule has 2 rings (SSSR count). The highest BCUT2D eigenvalue weighted by atomic mass is 127. The van der Waals surface area contributed by atoms with Crippen LogP contribution in [-0.4, -0.2) is 30.9 Å². The smallest absolute Gasteiger partial charge is 0.251 e. The van der Waals surface area contributed by atoms with Gasteiger partial charge in [-0.3, -0.25) is 9.59 Å². The van der Waals surface area contributed by atoms with Crippen molar-refractivity contribution >= 4 is 41.8 Å². The number of aliphatic imine (C=N–C) groups is 1. The molecule has 2 aromatic carbocycles. The van der Waals surface area contributed by atoms with Crippen molar-refractivity contribution in [1.29, 1.82) is 0 Å². The third-order valence-electron chi connectivity index (χ3n) is 4.11. The van der Waals surface area contributed by atoms with E-state index in [0.29, 0.717) is 18.7 Å². The summed E-state index contributed by atoms with van der Waals surface area (Å²) in [5.74, 6) is -0.176. The van der Waals surface area contributed by atoms with Crippen molar-refractivity contribution in [2.75, 3.05) is 13.1 Å². The van der Waals surface area contributed by atoms with Crippen LogP contribution in [0.4, 0.5) is 0 Å². The number of primary amides is 1. The molecule has 0 atom stereocenters. The Kier molecular flexibility index (Phi) is 10.7. The first kappa shape index (κ1) is 24.4. The van der Waals surface area contributed by atoms with Crippen LogP contribution < -0.4 is 21.7 Å². The molecule has 0 radical (unpaired) electrons. The van der Waals surface area contributed by atoms with Crippen LogP contribution in [0.5, 0.6) is 0 Å². The van der Waals surface area contributed by atoms with E-state index in [0.717, 1.165) is 18.1 Å². The number of nitrogens with two attached hydrogens (primary N) is 1. The molecule has 7 nitrogen and oxygen atoms in total. The summed E-state index contributed by atoms with van der Waals surface area (Å²) in [6, 6.07) is 15.3. The zero-order chi connectivity index (χ0) is 20.4. The zero-order valence-electron chi connectivity index (χ0n) is 16.7. The van der Waals surface area contributed by atoms with Gasteiger partial charge in [0.15, 0.2) is 5.96 Å². The molecule has 156 valence electrons. The Labute approximate surface area is 188 Å². The summed E-state index contributed by atoms with van der Waals surface area (Å²) in [6.07, 6.45) is 0. The molecule has 0 heterocycles. The minimum absolute atomic E-state index is 0. The standard InChI is InChI=1S/C21H27N5O2.HI/c1-3-23-21(26-13-18-7-5-4-6-15(18)2)25-12-16-8-10-17(11-9-16)20(28)24-14-19(22)27;/h4-11H,3,12-14H2,1-2H3,(H2,22,27)(H,24,28)(H2,23,25,26);1H. The summed E-state index contributed by atoms with van der Waals surface area (Å²) in [7, 11) is 0. The van der Waals surface area contributed by atoms with E-state index >= 15 is 0 Å². The number of carbonyl (C=O) groups is 2. The molecule has 2 amide bonds. The van der Waals surface area contributed by atoms with E-state index in [4.69, 9.17) is 5.73 Å². The van der Waals surface area contributed by atoms with Crippen molar-refractivity contribution in [2.45, 2.75) is 26.9 Å². The van der Waals surface area contributed by atoms with Crippen LogP contribution >= 0.6 is 24.0 Å². The Balaban J connectivity index is 0.00000420. The molecule has 0 unspecified atom stereocenters. The summed E-state index contributed by atoms with van der Waals surface area (Å²) in [4.78, 5) is 27.2. The Morgan fingerprint density at radius 1 is 1.00 bits per heavy atom. The third-order valence-corrected chi connectivity index (χ3v) is 4.11. The van der Waals surface area contributed by atoms with Gasteiger partial charge < -0.3 is 21.7 Å². The maximum absolute atomic E-state index is 11.9. The topological polar surface area (TPSA) is 109 Å². The molecule has 5 N–H and O–H groups in total. The second kappa shape index (κ2) is 12.8. The van der Waals surface area contributed by atoms with Gasteiger partial charge in [-0.2, -0.15) is 0 Å². The second-order valence-corrected chi connectivity index (χ2v) is 6.32. The SMILES string of the molecule is CCNC(=NCc1ccc(C(=O)NCC(N)=O)cc1)NCc1ccccc1C.I. The molecule has 0 aromatic heterocycles. The number of nitrogens with one attached hydrogen (secondary N) is 3. The maximum atomic E-state index is 11.9. The number of amides is 2. The van der Waals surface area contributed by atoms with Gasteiger partial charge in [-0.1, -0.05) is 36.4 Å². The van der Waals surface area contributed by atoms with Crippen molar-refractivity contribution in [3.8, 4) is 0 Å². The van der Waals surface area contributed by atoms with Crippen molar-refractivity contribution in [2.24, 2.45) is 10.7 Å². The van der Waals surface area contributed by atoms with Crippen LogP contribution in [0.2, 0.25) is 0 Å². The van der Waals surface area contributed by atoms with Crippen LogP contribution in [0.1, 0.15) is 34.0 Å². The summed E-state index contributed by atoms with van der Waals surface area (Å²) in [5.41, 5.74) is 8.92. The predicted molar refractivity (Wildman–Crippen MR) is 126 cm³/mol. The number of nitrogens with zero attached hydrogens (tertiary/aromatic N) is 1. The number of carbonyl (C=O) groups excluding carboxylic acids is 2. The number of aryl methyl sites for hydroxylation is 1. The highest BCUT2D eigenvalue weighted by Gasteiger charge is 2.06. The number of hydrogen-bond donors (Lipinski definition) is 4. The first-order valence-electron chi connectivity index (χ1n) is 9.21. The van der Waals surface area contributed by atoms with Crippen LogP contribution in [0.3, 0.4) is 0 Å². The van der Waals surface area contributed by atoms with E-state index in [2.05, 4.69) is 40.0 Å². The van der Waals surface area contributed by atoms with E-state index in [1.54, 1.807) is 12.1 Å². The fourth-order valence-electron chi connectivity index (χ4n) is 2.53. The molecule has 0 aliphatic rings.